The van der Waals surface area contributed by atoms with Gasteiger partial charge < -0.3 is 14.2 Å². The number of hydrogen-bond acceptors (Lipinski definition) is 5. The molecular weight excluding hydrogens is 360 g/mol. The molecule has 1 aliphatic carbocycles. The number of rotatable bonds is 3. The van der Waals surface area contributed by atoms with E-state index in [1.54, 1.807) is 17.4 Å². The molecule has 6 heteroatoms. The quantitative estimate of drug-likeness (QED) is 0.729. The average Bonchev–Trinajstić information content (AvgIpc) is 3.03. The van der Waals surface area contributed by atoms with Gasteiger partial charge in [0.05, 0.1) is 5.02 Å². The third-order valence-electron chi connectivity index (χ3n) is 4.56. The van der Waals surface area contributed by atoms with E-state index in [2.05, 4.69) is 6.92 Å². The zero-order valence-corrected chi connectivity index (χ0v) is 15.5. The van der Waals surface area contributed by atoms with Crippen LogP contribution in [0.5, 0.6) is 11.5 Å². The van der Waals surface area contributed by atoms with Gasteiger partial charge in [-0.25, -0.2) is 4.79 Å². The molecule has 25 heavy (non-hydrogen) atoms. The second-order valence-electron chi connectivity index (χ2n) is 6.58. The number of fused-ring (bicyclic) bond motifs is 2. The van der Waals surface area contributed by atoms with Gasteiger partial charge in [-0.2, -0.15) is 0 Å². The number of esters is 1. The first-order valence-corrected chi connectivity index (χ1v) is 9.66. The molecule has 1 atom stereocenters. The van der Waals surface area contributed by atoms with Crippen molar-refractivity contribution in [1.82, 2.24) is 0 Å². The maximum absolute atomic E-state index is 12.4. The summed E-state index contributed by atoms with van der Waals surface area (Å²) >= 11 is 7.78. The predicted octanol–water partition coefficient (Wildman–Crippen LogP) is 4.65. The number of carbonyl (C=O) groups excluding carboxylic acids is 1. The lowest BCUT2D eigenvalue weighted by Gasteiger charge is -2.20. The zero-order chi connectivity index (χ0) is 17.4. The van der Waals surface area contributed by atoms with E-state index in [-0.39, 0.29) is 12.6 Å². The fourth-order valence-corrected chi connectivity index (χ4v) is 4.66. The summed E-state index contributed by atoms with van der Waals surface area (Å²) in [5.74, 6) is 1.57. The van der Waals surface area contributed by atoms with Crippen molar-refractivity contribution in [3.63, 3.8) is 0 Å². The molecule has 132 valence electrons. The van der Waals surface area contributed by atoms with E-state index in [4.69, 9.17) is 25.8 Å². The molecule has 0 unspecified atom stereocenters. The van der Waals surface area contributed by atoms with Crippen LogP contribution in [0.25, 0.3) is 0 Å². The van der Waals surface area contributed by atoms with E-state index in [9.17, 15) is 4.79 Å². The molecule has 0 bridgehead atoms. The van der Waals surface area contributed by atoms with Crippen molar-refractivity contribution in [3.05, 3.63) is 44.1 Å². The second kappa shape index (κ2) is 6.89. The highest BCUT2D eigenvalue weighted by molar-refractivity contribution is 7.14. The summed E-state index contributed by atoms with van der Waals surface area (Å²) in [4.78, 5) is 14.4. The Bertz CT molecular complexity index is 814. The van der Waals surface area contributed by atoms with Crippen LogP contribution in [-0.4, -0.2) is 19.2 Å². The Morgan fingerprint density at radius 2 is 2.16 bits per heavy atom. The van der Waals surface area contributed by atoms with Gasteiger partial charge in [-0.1, -0.05) is 18.5 Å². The Labute approximate surface area is 155 Å². The minimum Gasteiger partial charge on any atom is -0.486 e. The molecule has 0 radical (unpaired) electrons. The van der Waals surface area contributed by atoms with Crippen LogP contribution in [0.15, 0.2) is 18.2 Å². The first-order chi connectivity index (χ1) is 12.1. The summed E-state index contributed by atoms with van der Waals surface area (Å²) in [6, 6.07) is 5.56. The largest absolute Gasteiger partial charge is 0.486 e. The van der Waals surface area contributed by atoms with Crippen molar-refractivity contribution in [2.45, 2.75) is 32.8 Å². The first-order valence-electron chi connectivity index (χ1n) is 8.47. The Morgan fingerprint density at radius 1 is 1.32 bits per heavy atom. The monoisotopic (exact) mass is 378 g/mol. The van der Waals surface area contributed by atoms with Crippen molar-refractivity contribution >= 4 is 28.9 Å². The number of thiophene rings is 1. The van der Waals surface area contributed by atoms with Crippen molar-refractivity contribution in [1.29, 1.82) is 0 Å². The second-order valence-corrected chi connectivity index (χ2v) is 8.13. The Hall–Kier alpha value is -1.72. The molecule has 1 aromatic heterocycles. The smallest absolute Gasteiger partial charge is 0.348 e. The number of carbonyl (C=O) groups is 1. The molecule has 0 N–H and O–H groups in total. The molecule has 0 amide bonds. The minimum atomic E-state index is -0.280. The first kappa shape index (κ1) is 16.7. The fraction of sp³-hybridized carbons (Fsp3) is 0.421. The maximum Gasteiger partial charge on any atom is 0.348 e. The van der Waals surface area contributed by atoms with E-state index in [1.807, 2.05) is 12.1 Å². The van der Waals surface area contributed by atoms with Gasteiger partial charge in [0.1, 0.15) is 24.7 Å². The summed E-state index contributed by atoms with van der Waals surface area (Å²) in [5.41, 5.74) is 2.09. The molecule has 4 nitrogen and oxygen atoms in total. The number of aryl methyl sites for hydroxylation is 1. The van der Waals surface area contributed by atoms with Crippen molar-refractivity contribution < 1.29 is 19.0 Å². The standard InChI is InChI=1S/C19H19ClO4S/c1-11-2-3-16-13(6-11)9-17(25-16)19(21)24-10-12-7-14(20)18-15(8-12)22-4-5-23-18/h7-9,11H,2-6,10H2,1H3/t11-/m0/s1. The third-order valence-corrected chi connectivity index (χ3v) is 6.05. The SMILES string of the molecule is C[C@H]1CCc2sc(C(=O)OCc3cc(Cl)c4c(c3)OCCO4)cc2C1. The van der Waals surface area contributed by atoms with Gasteiger partial charge >= 0.3 is 5.97 Å². The van der Waals surface area contributed by atoms with Gasteiger partial charge in [0, 0.05) is 4.88 Å². The van der Waals surface area contributed by atoms with Gasteiger partial charge in [0.2, 0.25) is 0 Å². The van der Waals surface area contributed by atoms with Gasteiger partial charge in [0.15, 0.2) is 11.5 Å². The molecule has 2 aliphatic rings. The highest BCUT2D eigenvalue weighted by Gasteiger charge is 2.22. The normalized spacial score (nSPS) is 18.6. The van der Waals surface area contributed by atoms with Crippen LogP contribution < -0.4 is 9.47 Å². The van der Waals surface area contributed by atoms with Crippen molar-refractivity contribution in [3.8, 4) is 11.5 Å². The Kier molecular flexibility index (Phi) is 4.61. The highest BCUT2D eigenvalue weighted by atomic mass is 35.5. The topological polar surface area (TPSA) is 44.8 Å². The molecule has 4 rings (SSSR count). The summed E-state index contributed by atoms with van der Waals surface area (Å²) in [7, 11) is 0. The number of hydrogen-bond donors (Lipinski definition) is 0. The third kappa shape index (κ3) is 3.48. The van der Waals surface area contributed by atoms with Crippen molar-refractivity contribution in [2.24, 2.45) is 5.92 Å². The van der Waals surface area contributed by atoms with E-state index < -0.39 is 0 Å². The van der Waals surface area contributed by atoms with E-state index in [0.717, 1.165) is 18.4 Å². The van der Waals surface area contributed by atoms with Crippen LogP contribution in [-0.2, 0) is 24.2 Å². The van der Waals surface area contributed by atoms with Gasteiger partial charge in [0.25, 0.3) is 0 Å². The van der Waals surface area contributed by atoms with Gasteiger partial charge in [-0.15, -0.1) is 11.3 Å². The summed E-state index contributed by atoms with van der Waals surface area (Å²) in [6.45, 7) is 3.40. The Morgan fingerprint density at radius 3 is 3.04 bits per heavy atom. The van der Waals surface area contributed by atoms with Crippen LogP contribution in [0.4, 0.5) is 0 Å². The molecule has 1 aromatic carbocycles. The van der Waals surface area contributed by atoms with Crippen molar-refractivity contribution in [2.75, 3.05) is 13.2 Å². The molecule has 0 fully saturated rings. The fourth-order valence-electron chi connectivity index (χ4n) is 3.27. The van der Waals surface area contributed by atoms with E-state index >= 15 is 0 Å². The van der Waals surface area contributed by atoms with Crippen LogP contribution in [0.3, 0.4) is 0 Å². The Balaban J connectivity index is 1.45. The number of benzene rings is 1. The van der Waals surface area contributed by atoms with E-state index in [0.29, 0.717) is 40.5 Å². The van der Waals surface area contributed by atoms with Crippen LogP contribution in [0.1, 0.15) is 39.0 Å². The minimum absolute atomic E-state index is 0.161. The zero-order valence-electron chi connectivity index (χ0n) is 14.0. The number of halogens is 1. The molecule has 2 heterocycles. The van der Waals surface area contributed by atoms with E-state index in [1.165, 1.54) is 16.9 Å². The van der Waals surface area contributed by atoms with Gasteiger partial charge in [-0.05, 0) is 54.5 Å². The maximum atomic E-state index is 12.4. The summed E-state index contributed by atoms with van der Waals surface area (Å²) in [6.07, 6.45) is 3.31. The van der Waals surface area contributed by atoms with Crippen LogP contribution in [0.2, 0.25) is 5.02 Å². The molecule has 1 aliphatic heterocycles. The summed E-state index contributed by atoms with van der Waals surface area (Å²) < 4.78 is 16.5. The predicted molar refractivity (Wildman–Crippen MR) is 97.1 cm³/mol. The highest BCUT2D eigenvalue weighted by Crippen LogP contribution is 2.38. The number of ether oxygens (including phenoxy) is 3. The molecule has 0 saturated carbocycles. The van der Waals surface area contributed by atoms with Gasteiger partial charge in [-0.3, -0.25) is 0 Å². The molecule has 2 aromatic rings. The summed E-state index contributed by atoms with van der Waals surface area (Å²) in [5, 5.41) is 0.476. The lowest BCUT2D eigenvalue weighted by atomic mass is 9.90. The lowest BCUT2D eigenvalue weighted by molar-refractivity contribution is 0.0477. The molecular formula is C19H19ClO4S. The van der Waals surface area contributed by atoms with Crippen LogP contribution >= 0.6 is 22.9 Å². The lowest BCUT2D eigenvalue weighted by Crippen LogP contribution is -2.16. The molecule has 0 spiro atoms. The van der Waals surface area contributed by atoms with Crippen LogP contribution in [0, 0.1) is 5.92 Å². The molecule has 0 saturated heterocycles. The average molecular weight is 379 g/mol.